The highest BCUT2D eigenvalue weighted by Gasteiger charge is 2.31. The first-order valence-electron chi connectivity index (χ1n) is 10.9. The number of piperidine rings is 1. The summed E-state index contributed by atoms with van der Waals surface area (Å²) in [7, 11) is -4.02. The molecule has 0 saturated carbocycles. The molecule has 9 nitrogen and oxygen atoms in total. The molecule has 0 spiro atoms. The van der Waals surface area contributed by atoms with Crippen molar-refractivity contribution in [1.29, 1.82) is 0 Å². The van der Waals surface area contributed by atoms with Crippen molar-refractivity contribution in [3.05, 3.63) is 64.0 Å². The minimum absolute atomic E-state index is 0.00312. The van der Waals surface area contributed by atoms with Gasteiger partial charge in [-0.1, -0.05) is 18.6 Å². The van der Waals surface area contributed by atoms with Crippen molar-refractivity contribution in [3.8, 4) is 0 Å². The molecule has 2 heterocycles. The van der Waals surface area contributed by atoms with Gasteiger partial charge in [-0.15, -0.1) is 0 Å². The normalized spacial score (nSPS) is 17.7. The number of nitrogens with zero attached hydrogens (tertiary/aromatic N) is 4. The Balaban J connectivity index is 1.50. The maximum absolute atomic E-state index is 14.5. The number of nitro benzene ring substituents is 1. The quantitative estimate of drug-likeness (QED) is 0.486. The molecule has 0 radical (unpaired) electrons. The SMILES string of the molecule is O=C(c1ccc(F)c(S(=O)(=O)N2CCCCC2)c1)N1CCN(c2ccccc2[N+](=O)[O-])CC1. The third-order valence-corrected chi connectivity index (χ3v) is 8.01. The highest BCUT2D eigenvalue weighted by atomic mass is 32.2. The summed E-state index contributed by atoms with van der Waals surface area (Å²) >= 11 is 0. The summed E-state index contributed by atoms with van der Waals surface area (Å²) in [5, 5.41) is 11.3. The zero-order valence-corrected chi connectivity index (χ0v) is 18.8. The van der Waals surface area contributed by atoms with Crippen molar-refractivity contribution in [3.63, 3.8) is 0 Å². The van der Waals surface area contributed by atoms with E-state index in [1.165, 1.54) is 16.4 Å². The topological polar surface area (TPSA) is 104 Å². The van der Waals surface area contributed by atoms with Crippen LogP contribution in [0.3, 0.4) is 0 Å². The first kappa shape index (κ1) is 23.1. The summed E-state index contributed by atoms with van der Waals surface area (Å²) in [6.45, 7) is 2.06. The molecule has 176 valence electrons. The van der Waals surface area contributed by atoms with Crippen molar-refractivity contribution < 1.29 is 22.5 Å². The molecule has 0 aliphatic carbocycles. The number of halogens is 1. The van der Waals surface area contributed by atoms with Crippen molar-refractivity contribution >= 4 is 27.3 Å². The Labute approximate surface area is 191 Å². The van der Waals surface area contributed by atoms with Crippen LogP contribution in [0.2, 0.25) is 0 Å². The molecule has 33 heavy (non-hydrogen) atoms. The van der Waals surface area contributed by atoms with Gasteiger partial charge in [-0.05, 0) is 37.1 Å². The molecule has 2 aromatic carbocycles. The molecule has 0 unspecified atom stereocenters. The zero-order valence-electron chi connectivity index (χ0n) is 18.0. The predicted molar refractivity (Wildman–Crippen MR) is 120 cm³/mol. The Hall–Kier alpha value is -3.05. The van der Waals surface area contributed by atoms with E-state index in [4.69, 9.17) is 0 Å². The second kappa shape index (κ2) is 9.44. The molecule has 1 amide bonds. The van der Waals surface area contributed by atoms with Gasteiger partial charge in [0.25, 0.3) is 11.6 Å². The summed E-state index contributed by atoms with van der Waals surface area (Å²) < 4.78 is 41.6. The Morgan fingerprint density at radius 1 is 0.939 bits per heavy atom. The number of hydrogen-bond acceptors (Lipinski definition) is 6. The summed E-state index contributed by atoms with van der Waals surface area (Å²) in [5.41, 5.74) is 0.598. The summed E-state index contributed by atoms with van der Waals surface area (Å²) in [6, 6.07) is 9.88. The van der Waals surface area contributed by atoms with Crippen LogP contribution in [-0.2, 0) is 10.0 Å². The van der Waals surface area contributed by atoms with E-state index in [-0.39, 0.29) is 11.3 Å². The lowest BCUT2D eigenvalue weighted by Crippen LogP contribution is -2.49. The van der Waals surface area contributed by atoms with Gasteiger partial charge >= 0.3 is 0 Å². The first-order valence-corrected chi connectivity index (χ1v) is 12.3. The van der Waals surface area contributed by atoms with Gasteiger partial charge in [0, 0.05) is 50.9 Å². The fraction of sp³-hybridized carbons (Fsp3) is 0.409. The van der Waals surface area contributed by atoms with E-state index in [9.17, 15) is 27.7 Å². The van der Waals surface area contributed by atoms with Crippen LogP contribution in [0, 0.1) is 15.9 Å². The monoisotopic (exact) mass is 476 g/mol. The van der Waals surface area contributed by atoms with E-state index < -0.39 is 31.6 Å². The lowest BCUT2D eigenvalue weighted by Gasteiger charge is -2.36. The summed E-state index contributed by atoms with van der Waals surface area (Å²) in [6.07, 6.45) is 2.39. The van der Waals surface area contributed by atoms with E-state index in [0.717, 1.165) is 31.4 Å². The molecule has 2 aromatic rings. The molecule has 0 N–H and O–H groups in total. The van der Waals surface area contributed by atoms with Gasteiger partial charge in [-0.2, -0.15) is 4.31 Å². The van der Waals surface area contributed by atoms with Crippen LogP contribution in [0.4, 0.5) is 15.8 Å². The van der Waals surface area contributed by atoms with Crippen LogP contribution in [0.15, 0.2) is 47.4 Å². The number of anilines is 1. The number of nitro groups is 1. The van der Waals surface area contributed by atoms with Crippen LogP contribution in [0.1, 0.15) is 29.6 Å². The molecule has 2 aliphatic rings. The predicted octanol–water partition coefficient (Wildman–Crippen LogP) is 2.87. The van der Waals surface area contributed by atoms with Gasteiger partial charge in [0.1, 0.15) is 16.4 Å². The molecule has 11 heteroatoms. The average Bonchev–Trinajstić information content (AvgIpc) is 2.84. The Bertz CT molecular complexity index is 1160. The van der Waals surface area contributed by atoms with Crippen LogP contribution >= 0.6 is 0 Å². The lowest BCUT2D eigenvalue weighted by atomic mass is 10.1. The molecule has 0 atom stereocenters. The number of carbonyl (C=O) groups is 1. The molecule has 2 saturated heterocycles. The van der Waals surface area contributed by atoms with Crippen LogP contribution < -0.4 is 4.90 Å². The van der Waals surface area contributed by atoms with Gasteiger partial charge in [0.2, 0.25) is 10.0 Å². The molecule has 0 aromatic heterocycles. The van der Waals surface area contributed by atoms with E-state index in [0.29, 0.717) is 45.0 Å². The van der Waals surface area contributed by atoms with Gasteiger partial charge in [-0.3, -0.25) is 14.9 Å². The fourth-order valence-corrected chi connectivity index (χ4v) is 5.90. The number of hydrogen-bond donors (Lipinski definition) is 0. The maximum Gasteiger partial charge on any atom is 0.292 e. The average molecular weight is 477 g/mol. The smallest absolute Gasteiger partial charge is 0.292 e. The molecule has 2 fully saturated rings. The van der Waals surface area contributed by atoms with Crippen molar-refractivity contribution in [2.24, 2.45) is 0 Å². The fourth-order valence-electron chi connectivity index (χ4n) is 4.30. The summed E-state index contributed by atoms with van der Waals surface area (Å²) in [4.78, 5) is 26.8. The number of benzene rings is 2. The molecular weight excluding hydrogens is 451 g/mol. The zero-order chi connectivity index (χ0) is 23.6. The number of para-hydroxylation sites is 2. The van der Waals surface area contributed by atoms with E-state index in [2.05, 4.69) is 0 Å². The highest BCUT2D eigenvalue weighted by Crippen LogP contribution is 2.29. The minimum atomic E-state index is -4.02. The highest BCUT2D eigenvalue weighted by molar-refractivity contribution is 7.89. The number of carbonyl (C=O) groups excluding carboxylic acids is 1. The molecular formula is C22H25FN4O5S. The second-order valence-corrected chi connectivity index (χ2v) is 10.0. The van der Waals surface area contributed by atoms with E-state index in [1.807, 2.05) is 4.90 Å². The lowest BCUT2D eigenvalue weighted by molar-refractivity contribution is -0.384. The van der Waals surface area contributed by atoms with Crippen LogP contribution in [-0.4, -0.2) is 67.7 Å². The van der Waals surface area contributed by atoms with Gasteiger partial charge < -0.3 is 9.80 Å². The van der Waals surface area contributed by atoms with Crippen LogP contribution in [0.25, 0.3) is 0 Å². The van der Waals surface area contributed by atoms with Crippen molar-refractivity contribution in [2.45, 2.75) is 24.2 Å². The van der Waals surface area contributed by atoms with Gasteiger partial charge in [-0.25, -0.2) is 12.8 Å². The van der Waals surface area contributed by atoms with E-state index >= 15 is 0 Å². The standard InChI is InChI=1S/C22H25FN4O5S/c23-18-9-8-17(16-21(18)33(31,32)26-10-4-1-5-11-26)22(28)25-14-12-24(13-15-25)19-6-2-3-7-20(19)27(29)30/h2-3,6-9,16H,1,4-5,10-15H2. The number of piperazine rings is 1. The molecule has 0 bridgehead atoms. The Morgan fingerprint density at radius 3 is 2.27 bits per heavy atom. The summed E-state index contributed by atoms with van der Waals surface area (Å²) in [5.74, 6) is -1.27. The Morgan fingerprint density at radius 2 is 1.61 bits per heavy atom. The van der Waals surface area contributed by atoms with Crippen LogP contribution in [0.5, 0.6) is 0 Å². The number of sulfonamides is 1. The Kier molecular flexibility index (Phi) is 6.61. The third-order valence-electron chi connectivity index (χ3n) is 6.10. The first-order chi connectivity index (χ1) is 15.8. The van der Waals surface area contributed by atoms with E-state index in [1.54, 1.807) is 23.1 Å². The third kappa shape index (κ3) is 4.69. The minimum Gasteiger partial charge on any atom is -0.362 e. The largest absolute Gasteiger partial charge is 0.362 e. The number of rotatable bonds is 5. The maximum atomic E-state index is 14.5. The van der Waals surface area contributed by atoms with Crippen molar-refractivity contribution in [2.75, 3.05) is 44.2 Å². The number of amides is 1. The molecule has 4 rings (SSSR count). The van der Waals surface area contributed by atoms with Gasteiger partial charge in [0.15, 0.2) is 0 Å². The molecule has 2 aliphatic heterocycles. The van der Waals surface area contributed by atoms with Gasteiger partial charge in [0.05, 0.1) is 4.92 Å². The van der Waals surface area contributed by atoms with Crippen molar-refractivity contribution in [1.82, 2.24) is 9.21 Å². The second-order valence-electron chi connectivity index (χ2n) is 8.14.